The van der Waals surface area contributed by atoms with Crippen LogP contribution in [0.25, 0.3) is 0 Å². The Morgan fingerprint density at radius 1 is 1.30 bits per heavy atom. The first-order valence-electron chi connectivity index (χ1n) is 8.29. The van der Waals surface area contributed by atoms with Gasteiger partial charge in [-0.1, -0.05) is 13.8 Å². The highest BCUT2D eigenvalue weighted by atomic mass is 16.5. The summed E-state index contributed by atoms with van der Waals surface area (Å²) in [7, 11) is 0. The van der Waals surface area contributed by atoms with Gasteiger partial charge in [0, 0.05) is 38.8 Å². The molecule has 0 aliphatic carbocycles. The quantitative estimate of drug-likeness (QED) is 0.743. The summed E-state index contributed by atoms with van der Waals surface area (Å²) in [5, 5.41) is 6.13. The second-order valence-electron chi connectivity index (χ2n) is 6.11. The van der Waals surface area contributed by atoms with Gasteiger partial charge in [-0.15, -0.1) is 0 Å². The first-order valence-corrected chi connectivity index (χ1v) is 8.29. The number of anilines is 1. The number of carbonyl (C=O) groups excluding carboxylic acids is 1. The monoisotopic (exact) mass is 321 g/mol. The molecule has 7 heteroatoms. The molecule has 2 rings (SSSR count). The fourth-order valence-electron chi connectivity index (χ4n) is 2.31. The Labute approximate surface area is 137 Å². The number of hydrogen-bond acceptors (Lipinski definition) is 6. The number of nitrogens with one attached hydrogen (secondary N) is 2. The van der Waals surface area contributed by atoms with Gasteiger partial charge in [-0.05, 0) is 12.3 Å². The third-order valence-corrected chi connectivity index (χ3v) is 3.74. The summed E-state index contributed by atoms with van der Waals surface area (Å²) in [5.41, 5.74) is 0.401. The molecule has 0 spiro atoms. The Hall–Kier alpha value is -1.73. The summed E-state index contributed by atoms with van der Waals surface area (Å²) >= 11 is 0. The van der Waals surface area contributed by atoms with Crippen molar-refractivity contribution in [2.75, 3.05) is 51.3 Å². The minimum absolute atomic E-state index is 0.149. The highest BCUT2D eigenvalue weighted by Crippen LogP contribution is 2.05. The van der Waals surface area contributed by atoms with E-state index < -0.39 is 0 Å². The molecule has 0 radical (unpaired) electrons. The normalized spacial score (nSPS) is 15.6. The lowest BCUT2D eigenvalue weighted by Crippen LogP contribution is -2.39. The van der Waals surface area contributed by atoms with Gasteiger partial charge in [-0.3, -0.25) is 9.69 Å². The first-order chi connectivity index (χ1) is 11.1. The Morgan fingerprint density at radius 3 is 2.83 bits per heavy atom. The average molecular weight is 321 g/mol. The molecule has 2 heterocycles. The van der Waals surface area contributed by atoms with Gasteiger partial charge in [-0.25, -0.2) is 9.97 Å². The van der Waals surface area contributed by atoms with Crippen molar-refractivity contribution in [2.45, 2.75) is 20.3 Å². The fraction of sp³-hybridized carbons (Fsp3) is 0.688. The zero-order valence-corrected chi connectivity index (χ0v) is 14.0. The molecule has 1 saturated heterocycles. The van der Waals surface area contributed by atoms with Gasteiger partial charge < -0.3 is 15.4 Å². The number of amides is 1. The van der Waals surface area contributed by atoms with Crippen molar-refractivity contribution in [2.24, 2.45) is 5.92 Å². The molecule has 1 aliphatic heterocycles. The number of morpholine rings is 1. The van der Waals surface area contributed by atoms with E-state index in [1.807, 2.05) is 0 Å². The maximum absolute atomic E-state index is 12.0. The highest BCUT2D eigenvalue weighted by Gasteiger charge is 2.11. The molecule has 23 heavy (non-hydrogen) atoms. The predicted octanol–water partition coefficient (Wildman–Crippen LogP) is 0.997. The van der Waals surface area contributed by atoms with Crippen LogP contribution in [0.2, 0.25) is 0 Å². The number of rotatable bonds is 8. The molecule has 0 saturated carbocycles. The van der Waals surface area contributed by atoms with Crippen LogP contribution in [-0.2, 0) is 4.74 Å². The van der Waals surface area contributed by atoms with E-state index in [1.54, 1.807) is 6.07 Å². The Morgan fingerprint density at radius 2 is 2.09 bits per heavy atom. The summed E-state index contributed by atoms with van der Waals surface area (Å²) in [5.74, 6) is 1.10. The van der Waals surface area contributed by atoms with Gasteiger partial charge in [0.1, 0.15) is 17.8 Å². The van der Waals surface area contributed by atoms with E-state index in [9.17, 15) is 4.79 Å². The Balaban J connectivity index is 1.75. The summed E-state index contributed by atoms with van der Waals surface area (Å²) in [6, 6.07) is 1.70. The van der Waals surface area contributed by atoms with Crippen LogP contribution in [0.1, 0.15) is 30.8 Å². The van der Waals surface area contributed by atoms with Crippen molar-refractivity contribution < 1.29 is 9.53 Å². The van der Waals surface area contributed by atoms with Crippen molar-refractivity contribution in [1.29, 1.82) is 0 Å². The minimum atomic E-state index is -0.149. The van der Waals surface area contributed by atoms with Gasteiger partial charge in [0.15, 0.2) is 0 Å². The lowest BCUT2D eigenvalue weighted by Gasteiger charge is -2.26. The Kier molecular flexibility index (Phi) is 7.22. The average Bonchev–Trinajstić information content (AvgIpc) is 2.56. The first kappa shape index (κ1) is 17.6. The minimum Gasteiger partial charge on any atom is -0.379 e. The Bertz CT molecular complexity index is 489. The SMILES string of the molecule is CC(C)CCNC(=O)c1cc(NCCN2CCOCC2)ncn1. The molecule has 0 aromatic carbocycles. The van der Waals surface area contributed by atoms with Crippen LogP contribution in [0.5, 0.6) is 0 Å². The number of nitrogens with zero attached hydrogens (tertiary/aromatic N) is 3. The second-order valence-corrected chi connectivity index (χ2v) is 6.11. The molecule has 2 N–H and O–H groups in total. The second kappa shape index (κ2) is 9.42. The molecule has 7 nitrogen and oxygen atoms in total. The number of aromatic nitrogens is 2. The van der Waals surface area contributed by atoms with Crippen LogP contribution in [-0.4, -0.2) is 66.7 Å². The van der Waals surface area contributed by atoms with E-state index in [-0.39, 0.29) is 5.91 Å². The van der Waals surface area contributed by atoms with E-state index in [0.29, 0.717) is 24.0 Å². The molecule has 0 atom stereocenters. The summed E-state index contributed by atoms with van der Waals surface area (Å²) in [6.07, 6.45) is 2.38. The van der Waals surface area contributed by atoms with Gasteiger partial charge in [0.2, 0.25) is 0 Å². The largest absolute Gasteiger partial charge is 0.379 e. The van der Waals surface area contributed by atoms with E-state index in [0.717, 1.165) is 45.8 Å². The van der Waals surface area contributed by atoms with Gasteiger partial charge in [0.05, 0.1) is 13.2 Å². The van der Waals surface area contributed by atoms with Crippen LogP contribution in [0.3, 0.4) is 0 Å². The molecular weight excluding hydrogens is 294 g/mol. The third kappa shape index (κ3) is 6.50. The summed E-state index contributed by atoms with van der Waals surface area (Å²) in [6.45, 7) is 10.2. The number of carbonyl (C=O) groups is 1. The molecule has 1 aromatic heterocycles. The van der Waals surface area contributed by atoms with Crippen LogP contribution in [0.4, 0.5) is 5.82 Å². The predicted molar refractivity (Wildman–Crippen MR) is 89.6 cm³/mol. The van der Waals surface area contributed by atoms with Crippen molar-refractivity contribution in [3.8, 4) is 0 Å². The number of hydrogen-bond donors (Lipinski definition) is 2. The molecule has 1 aliphatic rings. The van der Waals surface area contributed by atoms with Crippen molar-refractivity contribution in [3.05, 3.63) is 18.1 Å². The zero-order chi connectivity index (χ0) is 16.5. The highest BCUT2D eigenvalue weighted by molar-refractivity contribution is 5.92. The maximum Gasteiger partial charge on any atom is 0.270 e. The summed E-state index contributed by atoms with van der Waals surface area (Å²) < 4.78 is 5.33. The lowest BCUT2D eigenvalue weighted by atomic mass is 10.1. The van der Waals surface area contributed by atoms with Crippen LogP contribution >= 0.6 is 0 Å². The van der Waals surface area contributed by atoms with Crippen molar-refractivity contribution in [1.82, 2.24) is 20.2 Å². The topological polar surface area (TPSA) is 79.4 Å². The fourth-order valence-corrected chi connectivity index (χ4v) is 2.31. The van der Waals surface area contributed by atoms with Crippen LogP contribution in [0, 0.1) is 5.92 Å². The number of ether oxygens (including phenoxy) is 1. The molecule has 1 aromatic rings. The molecule has 0 unspecified atom stereocenters. The standard InChI is InChI=1S/C16H27N5O2/c1-13(2)3-4-18-16(22)14-11-15(20-12-19-14)17-5-6-21-7-9-23-10-8-21/h11-13H,3-10H2,1-2H3,(H,18,22)(H,17,19,20). The van der Waals surface area contributed by atoms with Crippen molar-refractivity contribution in [3.63, 3.8) is 0 Å². The van der Waals surface area contributed by atoms with Crippen LogP contribution in [0.15, 0.2) is 12.4 Å². The zero-order valence-electron chi connectivity index (χ0n) is 14.0. The molecular formula is C16H27N5O2. The molecule has 128 valence electrons. The molecule has 1 fully saturated rings. The third-order valence-electron chi connectivity index (χ3n) is 3.74. The van der Waals surface area contributed by atoms with Crippen molar-refractivity contribution >= 4 is 11.7 Å². The van der Waals surface area contributed by atoms with E-state index in [1.165, 1.54) is 6.33 Å². The maximum atomic E-state index is 12.0. The van der Waals surface area contributed by atoms with Gasteiger partial charge in [0.25, 0.3) is 5.91 Å². The van der Waals surface area contributed by atoms with E-state index >= 15 is 0 Å². The van der Waals surface area contributed by atoms with E-state index in [4.69, 9.17) is 4.74 Å². The smallest absolute Gasteiger partial charge is 0.270 e. The van der Waals surface area contributed by atoms with Gasteiger partial charge >= 0.3 is 0 Å². The molecule has 0 bridgehead atoms. The lowest BCUT2D eigenvalue weighted by molar-refractivity contribution is 0.0398. The van der Waals surface area contributed by atoms with Crippen LogP contribution < -0.4 is 10.6 Å². The molecule has 1 amide bonds. The van der Waals surface area contributed by atoms with Gasteiger partial charge in [-0.2, -0.15) is 0 Å². The van der Waals surface area contributed by atoms with E-state index in [2.05, 4.69) is 39.3 Å². The summed E-state index contributed by atoms with van der Waals surface area (Å²) in [4.78, 5) is 22.6.